The van der Waals surface area contributed by atoms with Gasteiger partial charge in [-0.25, -0.2) is 9.59 Å². The number of hydrogen-bond donors (Lipinski definition) is 2. The second-order valence-corrected chi connectivity index (χ2v) is 11.5. The molecule has 3 amide bonds. The first kappa shape index (κ1) is 31.4. The Hall–Kier alpha value is -2.68. The van der Waals surface area contributed by atoms with Gasteiger partial charge in [-0.15, -0.1) is 11.8 Å². The first-order valence-electron chi connectivity index (χ1n) is 12.1. The van der Waals surface area contributed by atoms with E-state index in [1.807, 2.05) is 0 Å². The lowest BCUT2D eigenvalue weighted by Crippen LogP contribution is -2.48. The molecule has 36 heavy (non-hydrogen) atoms. The van der Waals surface area contributed by atoms with Crippen LogP contribution in [0.2, 0.25) is 0 Å². The molecule has 0 radical (unpaired) electrons. The Morgan fingerprint density at radius 1 is 1.03 bits per heavy atom. The molecule has 1 unspecified atom stereocenters. The van der Waals surface area contributed by atoms with Gasteiger partial charge in [0.25, 0.3) is 0 Å². The fraction of sp³-hybridized carbons (Fsp3) is 0.792. The fourth-order valence-electron chi connectivity index (χ4n) is 3.33. The van der Waals surface area contributed by atoms with Crippen LogP contribution in [0, 0.1) is 17.2 Å². The Bertz CT molecular complexity index is 802. The molecule has 11 nitrogen and oxygen atoms in total. The number of nitrogens with one attached hydrogen (secondary N) is 2. The van der Waals surface area contributed by atoms with Crippen LogP contribution in [0.5, 0.6) is 0 Å². The highest BCUT2D eigenvalue weighted by Gasteiger charge is 2.37. The number of carbonyl (C=O) groups excluding carboxylic acids is 4. The zero-order valence-corrected chi connectivity index (χ0v) is 23.0. The predicted molar refractivity (Wildman–Crippen MR) is 135 cm³/mol. The molecule has 1 aliphatic heterocycles. The third-order valence-electron chi connectivity index (χ3n) is 4.88. The molecular weight excluding hydrogens is 488 g/mol. The summed E-state index contributed by atoms with van der Waals surface area (Å²) in [5.41, 5.74) is -1.26. The van der Waals surface area contributed by atoms with E-state index in [1.165, 1.54) is 16.7 Å². The summed E-state index contributed by atoms with van der Waals surface area (Å²) in [5, 5.41) is 14.1. The first-order chi connectivity index (χ1) is 16.7. The third-order valence-corrected chi connectivity index (χ3v) is 5.89. The molecule has 0 aromatic rings. The molecule has 1 aliphatic rings. The highest BCUT2D eigenvalue weighted by atomic mass is 32.2. The zero-order valence-electron chi connectivity index (χ0n) is 22.2. The molecule has 0 aromatic heterocycles. The number of thioether (sulfide) groups is 1. The quantitative estimate of drug-likeness (QED) is 0.234. The van der Waals surface area contributed by atoms with Crippen molar-refractivity contribution in [3.63, 3.8) is 0 Å². The largest absolute Gasteiger partial charge is 0.450 e. The molecule has 0 aliphatic carbocycles. The number of nitriles is 1. The van der Waals surface area contributed by atoms with Crippen molar-refractivity contribution < 1.29 is 33.4 Å². The van der Waals surface area contributed by atoms with Crippen molar-refractivity contribution in [1.29, 1.82) is 5.26 Å². The molecule has 2 atom stereocenters. The van der Waals surface area contributed by atoms with Crippen LogP contribution in [-0.2, 0) is 23.8 Å². The molecule has 12 heteroatoms. The van der Waals surface area contributed by atoms with E-state index in [0.717, 1.165) is 0 Å². The van der Waals surface area contributed by atoms with Gasteiger partial charge in [0, 0.05) is 25.3 Å². The highest BCUT2D eigenvalue weighted by Crippen LogP contribution is 2.24. The van der Waals surface area contributed by atoms with Crippen molar-refractivity contribution in [3.8, 4) is 6.07 Å². The predicted octanol–water partition coefficient (Wildman–Crippen LogP) is 3.18. The van der Waals surface area contributed by atoms with Crippen molar-refractivity contribution in [2.45, 2.75) is 84.5 Å². The van der Waals surface area contributed by atoms with Crippen molar-refractivity contribution in [3.05, 3.63) is 0 Å². The van der Waals surface area contributed by atoms with Gasteiger partial charge >= 0.3 is 18.2 Å². The maximum atomic E-state index is 12.7. The molecule has 1 fully saturated rings. The number of hydrogen-bond acceptors (Lipinski definition) is 9. The van der Waals surface area contributed by atoms with Gasteiger partial charge in [0.15, 0.2) is 6.61 Å². The van der Waals surface area contributed by atoms with E-state index in [4.69, 9.17) is 19.5 Å². The molecule has 0 aromatic carbocycles. The monoisotopic (exact) mass is 528 g/mol. The Labute approximate surface area is 217 Å². The van der Waals surface area contributed by atoms with Crippen molar-refractivity contribution >= 4 is 35.8 Å². The van der Waals surface area contributed by atoms with E-state index in [2.05, 4.69) is 10.6 Å². The molecule has 1 rings (SSSR count). The number of carbonyl (C=O) groups is 4. The van der Waals surface area contributed by atoms with E-state index >= 15 is 0 Å². The van der Waals surface area contributed by atoms with Crippen LogP contribution in [0.25, 0.3) is 0 Å². The average molecular weight is 529 g/mol. The molecule has 0 bridgehead atoms. The van der Waals surface area contributed by atoms with Gasteiger partial charge in [-0.05, 0) is 66.7 Å². The number of alkyl carbamates (subject to hydrolysis) is 1. The van der Waals surface area contributed by atoms with Gasteiger partial charge in [-0.2, -0.15) is 5.26 Å². The van der Waals surface area contributed by atoms with Crippen LogP contribution in [0.4, 0.5) is 9.59 Å². The Balaban J connectivity index is 2.53. The minimum absolute atomic E-state index is 0.0946. The van der Waals surface area contributed by atoms with Crippen molar-refractivity contribution in [2.24, 2.45) is 5.92 Å². The Kier molecular flexibility index (Phi) is 12.9. The molecule has 204 valence electrons. The molecule has 1 heterocycles. The smallest absolute Gasteiger partial charge is 0.411 e. The summed E-state index contributed by atoms with van der Waals surface area (Å²) >= 11 is 1.49. The van der Waals surface area contributed by atoms with E-state index in [1.54, 1.807) is 47.6 Å². The highest BCUT2D eigenvalue weighted by molar-refractivity contribution is 7.99. The topological polar surface area (TPSA) is 147 Å². The minimum atomic E-state index is -0.646. The second kappa shape index (κ2) is 14.8. The summed E-state index contributed by atoms with van der Waals surface area (Å²) in [6.45, 7) is 11.0. The summed E-state index contributed by atoms with van der Waals surface area (Å²) in [6, 6.07) is 1.17. The maximum absolute atomic E-state index is 12.7. The lowest BCUT2D eigenvalue weighted by molar-refractivity contribution is -0.143. The van der Waals surface area contributed by atoms with Crippen LogP contribution in [0.3, 0.4) is 0 Å². The van der Waals surface area contributed by atoms with Crippen LogP contribution in [-0.4, -0.2) is 77.5 Å². The standard InChI is InChI=1S/C24H40N4O7S/c1-23(2,3)34-21(31)27-12-9-17(14-19(29)33-13-10-25)8-7-11-26-20(30)18-15-36-16-28(18)22(32)35-24(4,5)6/h17-18H,7-9,11-16H2,1-6H3,(H,26,30)(H,27,31)/t17?,18-/m0/s1. The Morgan fingerprint density at radius 2 is 1.69 bits per heavy atom. The molecular formula is C24H40N4O7S. The number of nitrogens with zero attached hydrogens (tertiary/aromatic N) is 2. The Morgan fingerprint density at radius 3 is 2.31 bits per heavy atom. The summed E-state index contributed by atoms with van der Waals surface area (Å²) in [5.74, 6) is 0.0313. The van der Waals surface area contributed by atoms with Gasteiger partial charge < -0.3 is 24.8 Å². The molecule has 0 saturated carbocycles. The summed E-state index contributed by atoms with van der Waals surface area (Å²) < 4.78 is 15.5. The lowest BCUT2D eigenvalue weighted by atomic mass is 9.95. The van der Waals surface area contributed by atoms with Gasteiger partial charge in [-0.3, -0.25) is 14.5 Å². The number of ether oxygens (including phenoxy) is 3. The van der Waals surface area contributed by atoms with E-state index in [9.17, 15) is 19.2 Å². The van der Waals surface area contributed by atoms with Crippen molar-refractivity contribution in [1.82, 2.24) is 15.5 Å². The van der Waals surface area contributed by atoms with Gasteiger partial charge in [0.2, 0.25) is 5.91 Å². The van der Waals surface area contributed by atoms with Crippen molar-refractivity contribution in [2.75, 3.05) is 31.3 Å². The van der Waals surface area contributed by atoms with Crippen LogP contribution < -0.4 is 10.6 Å². The average Bonchev–Trinajstić information content (AvgIpc) is 3.22. The number of esters is 1. The molecule has 2 N–H and O–H groups in total. The van der Waals surface area contributed by atoms with E-state index in [0.29, 0.717) is 44.0 Å². The molecule has 1 saturated heterocycles. The summed E-state index contributed by atoms with van der Waals surface area (Å²) in [4.78, 5) is 50.4. The fourth-order valence-corrected chi connectivity index (χ4v) is 4.47. The van der Waals surface area contributed by atoms with Gasteiger partial charge in [0.1, 0.15) is 23.3 Å². The minimum Gasteiger partial charge on any atom is -0.450 e. The number of amides is 3. The maximum Gasteiger partial charge on any atom is 0.411 e. The first-order valence-corrected chi connectivity index (χ1v) is 13.2. The molecule has 0 spiro atoms. The SMILES string of the molecule is CC(C)(C)OC(=O)NCCC(CCCNC(=O)[C@@H]1CSCN1C(=O)OC(C)(C)C)CC(=O)OCC#N. The third kappa shape index (κ3) is 13.4. The van der Waals surface area contributed by atoms with Crippen LogP contribution in [0.1, 0.15) is 67.2 Å². The number of rotatable bonds is 11. The summed E-state index contributed by atoms with van der Waals surface area (Å²) in [6.07, 6.45) is 0.719. The lowest BCUT2D eigenvalue weighted by Gasteiger charge is -2.27. The van der Waals surface area contributed by atoms with Gasteiger partial charge in [0.05, 0.1) is 5.88 Å². The van der Waals surface area contributed by atoms with Crippen LogP contribution in [0.15, 0.2) is 0 Å². The zero-order chi connectivity index (χ0) is 27.4. The van der Waals surface area contributed by atoms with Crippen LogP contribution >= 0.6 is 11.8 Å². The summed E-state index contributed by atoms with van der Waals surface area (Å²) in [7, 11) is 0. The van der Waals surface area contributed by atoms with Gasteiger partial charge in [-0.1, -0.05) is 0 Å². The van der Waals surface area contributed by atoms with E-state index in [-0.39, 0.29) is 24.9 Å². The second-order valence-electron chi connectivity index (χ2n) is 10.5. The van der Waals surface area contributed by atoms with E-state index < -0.39 is 35.4 Å². The normalized spacial score (nSPS) is 16.5.